The number of ketones is 2. The fourth-order valence-corrected chi connectivity index (χ4v) is 23.9. The second-order valence-electron chi connectivity index (χ2n) is 37.0. The molecule has 0 radical (unpaired) electrons. The van der Waals surface area contributed by atoms with Gasteiger partial charge in [0.05, 0.1) is 164 Å². The van der Waals surface area contributed by atoms with E-state index in [4.69, 9.17) is 82.3 Å². The van der Waals surface area contributed by atoms with Crippen LogP contribution in [-0.4, -0.2) is 236 Å². The molecule has 107 heavy (non-hydrogen) atoms. The van der Waals surface area contributed by atoms with E-state index in [9.17, 15) is 28.2 Å². The van der Waals surface area contributed by atoms with E-state index >= 15 is 0 Å². The molecular weight excluding hydrogens is 1390 g/mol. The first-order valence-electron chi connectivity index (χ1n) is 41.8. The van der Waals surface area contributed by atoms with Crippen LogP contribution in [0.15, 0.2) is 48.6 Å². The summed E-state index contributed by atoms with van der Waals surface area (Å²) < 4.78 is 121. The van der Waals surface area contributed by atoms with Gasteiger partial charge in [-0.15, -0.1) is 0 Å². The van der Waals surface area contributed by atoms with Gasteiger partial charge in [0, 0.05) is 89.1 Å². The minimum atomic E-state index is -3.67. The average Bonchev–Trinajstić information content (AvgIpc) is 1.56. The van der Waals surface area contributed by atoms with Crippen molar-refractivity contribution in [3.05, 3.63) is 48.6 Å². The molecule has 24 heteroatoms. The maximum atomic E-state index is 14.0. The number of hydrogen-bond acceptors (Lipinski definition) is 22. The fraction of sp³-hybridized carbons (Fsp3) is 0.880. The first-order valence-corrected chi connectivity index (χ1v) is 43.6. The molecule has 20 aliphatic rings. The van der Waals surface area contributed by atoms with Gasteiger partial charge in [-0.25, -0.2) is 0 Å². The van der Waals surface area contributed by atoms with Gasteiger partial charge in [0.15, 0.2) is 0 Å². The number of aliphatic hydroxyl groups excluding tert-OH is 2. The summed E-state index contributed by atoms with van der Waals surface area (Å²) in [4.78, 5) is 28.1. The van der Waals surface area contributed by atoms with Gasteiger partial charge in [0.2, 0.25) is 0 Å². The van der Waals surface area contributed by atoms with Crippen molar-refractivity contribution in [2.24, 2.45) is 58.8 Å². The van der Waals surface area contributed by atoms with Crippen molar-refractivity contribution in [1.82, 2.24) is 0 Å². The minimum Gasteiger partial charge on any atom is -0.392 e. The molecular formula is C83H126N2O21S. The van der Waals surface area contributed by atoms with Crippen LogP contribution in [0.5, 0.6) is 0 Å². The Balaban J connectivity index is 0.000000154. The summed E-state index contributed by atoms with van der Waals surface area (Å²) >= 11 is 0. The molecule has 0 aromatic carbocycles. The maximum absolute atomic E-state index is 14.0. The molecule has 20 fully saturated rings. The van der Waals surface area contributed by atoms with Crippen molar-refractivity contribution in [3.63, 3.8) is 0 Å². The Morgan fingerprint density at radius 2 is 0.785 bits per heavy atom. The zero-order valence-electron chi connectivity index (χ0n) is 64.1. The van der Waals surface area contributed by atoms with Crippen LogP contribution < -0.4 is 11.5 Å². The molecule has 20 saturated heterocycles. The van der Waals surface area contributed by atoms with E-state index in [1.165, 1.54) is 11.1 Å². The topological polar surface area (TPSA) is 310 Å². The van der Waals surface area contributed by atoms with Crippen LogP contribution in [0.3, 0.4) is 0 Å². The Kier molecular flexibility index (Phi) is 23.1. The number of hydrogen-bond donors (Lipinski definition) is 5. The Morgan fingerprint density at radius 1 is 0.411 bits per heavy atom. The lowest BCUT2D eigenvalue weighted by Crippen LogP contribution is -2.58. The number of nitrogens with two attached hydrogens (primary N) is 2. The highest BCUT2D eigenvalue weighted by Gasteiger charge is 2.70. The minimum absolute atomic E-state index is 0.00848. The van der Waals surface area contributed by atoms with Crippen LogP contribution in [0.4, 0.5) is 0 Å². The SMILES string of the molecule is C=C1C[C@@H]2CCC34C[C@H]5[C@H]6OC(CC[C@@H]6O[C@H]6[C@@H](O3)[C@@H](C4)O[C@@H]56)CC(=O)C[C@H]3C(C[C@H]4OC(CC[C@@H]1O2)C[C@@H](C)C4=C)O[C@H](C[C@H](O)CN)[C@@H]3C.C=C1C[C@@H]2CCC34C[C@H]5[C@H]6OC(CC[C@@H]6O[C@H]6[C@@H](O3)[C@@H](C4)O[C@@H]56)CC(=O)C[C@H]3C(C[C@H]4OC(CC[C@@H]1O2)C[C@@H](C)C4=C)O[C@H](C[C@H](O)CN)[C@@H]3C.CS(=O)(=O)O. The normalized spacial score (nSPS) is 51.2. The summed E-state index contributed by atoms with van der Waals surface area (Å²) in [5.41, 5.74) is 15.7. The number of ether oxygens (including phenoxy) is 14. The van der Waals surface area contributed by atoms with Crippen molar-refractivity contribution >= 4 is 21.7 Å². The number of fused-ring (bicyclic) bond motifs is 12. The third-order valence-electron chi connectivity index (χ3n) is 29.6. The molecule has 20 heterocycles. The zero-order chi connectivity index (χ0) is 74.9. The van der Waals surface area contributed by atoms with Crippen LogP contribution in [0.25, 0.3) is 0 Å². The lowest BCUT2D eigenvalue weighted by molar-refractivity contribution is -0.237. The standard InChI is InChI=1S/2C41H61NO9.CH4O3S/c2*1-20-11-26-5-7-31-21(2)12-28(45-31)9-10-41-17-30-37-32(49-40-38(30)50-36(18-41)39(40)51-41)8-6-27(47-37)13-24(43)14-29-23(4)33(15-25(44)19-42)48-35(29)16-34(46-26)22(20)3;1-5(2,3)4/h2*20,23,25-40,44H,2-3,5-19,42H2,1,4H3;1H3,(H,2,3,4)/t2*20-,23-,25+,26?,27?,28+,29-,30+,31+,32+,33-,34-,35?,36-,37-,38+,39+,40-,41?;/m11./s1. The number of carbonyl (C=O) groups excluding carboxylic acids is 2. The Morgan fingerprint density at radius 3 is 1.19 bits per heavy atom. The molecule has 600 valence electrons. The quantitative estimate of drug-likeness (QED) is 0.122. The Hall–Kier alpha value is -2.51. The van der Waals surface area contributed by atoms with Gasteiger partial charge in [0.1, 0.15) is 36.0 Å². The summed E-state index contributed by atoms with van der Waals surface area (Å²) in [5.74, 6) is 1.66. The highest BCUT2D eigenvalue weighted by Crippen LogP contribution is 2.60. The third kappa shape index (κ3) is 16.3. The van der Waals surface area contributed by atoms with Crippen LogP contribution in [0.1, 0.15) is 207 Å². The number of Topliss-reactive ketones (excluding diaryl/α,β-unsaturated/α-hetero) is 2. The van der Waals surface area contributed by atoms with E-state index in [1.807, 2.05) is 0 Å². The third-order valence-corrected chi connectivity index (χ3v) is 29.6. The van der Waals surface area contributed by atoms with Crippen LogP contribution >= 0.6 is 0 Å². The van der Waals surface area contributed by atoms with Gasteiger partial charge in [-0.1, -0.05) is 54.0 Å². The zero-order valence-corrected chi connectivity index (χ0v) is 64.9. The smallest absolute Gasteiger partial charge is 0.261 e. The van der Waals surface area contributed by atoms with E-state index in [1.54, 1.807) is 0 Å². The first-order chi connectivity index (χ1) is 51.1. The lowest BCUT2D eigenvalue weighted by Gasteiger charge is -2.48. The summed E-state index contributed by atoms with van der Waals surface area (Å²) in [6.45, 7) is 27.1. The molecule has 38 atom stereocenters. The Labute approximate surface area is 634 Å². The molecule has 8 unspecified atom stereocenters. The van der Waals surface area contributed by atoms with Crippen molar-refractivity contribution in [1.29, 1.82) is 0 Å². The summed E-state index contributed by atoms with van der Waals surface area (Å²) in [7, 11) is -3.67. The van der Waals surface area contributed by atoms with E-state index in [-0.39, 0.29) is 230 Å². The lowest BCUT2D eigenvalue weighted by atomic mass is 9.73. The maximum Gasteiger partial charge on any atom is 0.261 e. The first kappa shape index (κ1) is 78.4. The summed E-state index contributed by atoms with van der Waals surface area (Å²) in [6.07, 6.45) is 20.4. The molecule has 24 bridgehead atoms. The molecule has 7 N–H and O–H groups in total. The number of rotatable bonds is 6. The van der Waals surface area contributed by atoms with Gasteiger partial charge >= 0.3 is 0 Å². The van der Waals surface area contributed by atoms with E-state index in [0.29, 0.717) is 69.5 Å². The highest BCUT2D eigenvalue weighted by molar-refractivity contribution is 7.85. The summed E-state index contributed by atoms with van der Waals surface area (Å²) in [6, 6.07) is 0. The van der Waals surface area contributed by atoms with Gasteiger partial charge in [0.25, 0.3) is 10.1 Å². The molecule has 0 aromatic rings. The summed E-state index contributed by atoms with van der Waals surface area (Å²) in [5, 5.41) is 21.0. The van der Waals surface area contributed by atoms with Crippen molar-refractivity contribution in [3.8, 4) is 0 Å². The van der Waals surface area contributed by atoms with Crippen LogP contribution in [-0.2, 0) is 86.0 Å². The monoisotopic (exact) mass is 1520 g/mol. The van der Waals surface area contributed by atoms with E-state index < -0.39 is 22.3 Å². The van der Waals surface area contributed by atoms with Gasteiger partial charge in [-0.2, -0.15) is 8.42 Å². The number of carbonyl (C=O) groups is 2. The molecule has 23 nitrogen and oxygen atoms in total. The van der Waals surface area contributed by atoms with Gasteiger partial charge in [-0.3, -0.25) is 14.1 Å². The molecule has 0 aromatic heterocycles. The predicted molar refractivity (Wildman–Crippen MR) is 393 cm³/mol. The van der Waals surface area contributed by atoms with Crippen LogP contribution in [0, 0.1) is 47.3 Å². The molecule has 0 saturated carbocycles. The molecule has 0 amide bonds. The molecule has 20 rings (SSSR count). The molecule has 20 aliphatic heterocycles. The average molecular weight is 1520 g/mol. The van der Waals surface area contributed by atoms with E-state index in [2.05, 4.69) is 54.0 Å². The second-order valence-corrected chi connectivity index (χ2v) is 38.5. The highest BCUT2D eigenvalue weighted by atomic mass is 32.2. The largest absolute Gasteiger partial charge is 0.392 e. The molecule has 0 aliphatic carbocycles. The van der Waals surface area contributed by atoms with Crippen molar-refractivity contribution in [2.45, 2.75) is 390 Å². The number of aliphatic hydroxyl groups is 2. The van der Waals surface area contributed by atoms with Crippen molar-refractivity contribution < 1.29 is 99.1 Å². The predicted octanol–water partition coefficient (Wildman–Crippen LogP) is 8.95. The van der Waals surface area contributed by atoms with E-state index in [0.717, 1.165) is 140 Å². The van der Waals surface area contributed by atoms with Gasteiger partial charge < -0.3 is 88.0 Å². The van der Waals surface area contributed by atoms with Gasteiger partial charge in [-0.05, 0) is 173 Å². The van der Waals surface area contributed by atoms with Crippen LogP contribution in [0.2, 0.25) is 0 Å². The van der Waals surface area contributed by atoms with Crippen molar-refractivity contribution in [2.75, 3.05) is 19.3 Å². The molecule has 2 spiro atoms. The fourth-order valence-electron chi connectivity index (χ4n) is 23.9. The Bertz CT molecular complexity index is 3170. The second kappa shape index (κ2) is 31.6.